The second kappa shape index (κ2) is 3.31. The number of rotatable bonds is 2. The standard InChI is InChI=1S/C10H14S/c1-3-10(2,11)9-7-5-4-6-8-9/h4-8,11H,3H2,1-2H3/t10-/m0/s1. The smallest absolute Gasteiger partial charge is 0.0347 e. The van der Waals surface area contributed by atoms with E-state index in [0.29, 0.717) is 0 Å². The van der Waals surface area contributed by atoms with Crippen molar-refractivity contribution in [3.05, 3.63) is 35.9 Å². The van der Waals surface area contributed by atoms with Crippen LogP contribution in [0.25, 0.3) is 0 Å². The number of benzene rings is 1. The Hall–Kier alpha value is -0.430. The molecule has 1 rings (SSSR count). The van der Waals surface area contributed by atoms with Gasteiger partial charge >= 0.3 is 0 Å². The Bertz CT molecular complexity index is 214. The van der Waals surface area contributed by atoms with Crippen molar-refractivity contribution < 1.29 is 0 Å². The molecule has 0 amide bonds. The zero-order chi connectivity index (χ0) is 8.32. The van der Waals surface area contributed by atoms with Crippen LogP contribution in [0.4, 0.5) is 0 Å². The average molecular weight is 166 g/mol. The van der Waals surface area contributed by atoms with E-state index < -0.39 is 0 Å². The fraction of sp³-hybridized carbons (Fsp3) is 0.400. The molecule has 1 heteroatoms. The van der Waals surface area contributed by atoms with Gasteiger partial charge in [-0.15, -0.1) is 0 Å². The molecule has 0 N–H and O–H groups in total. The Balaban J connectivity index is 2.93. The Morgan fingerprint density at radius 3 is 2.27 bits per heavy atom. The second-order valence-electron chi connectivity index (χ2n) is 2.99. The highest BCUT2D eigenvalue weighted by atomic mass is 32.1. The van der Waals surface area contributed by atoms with E-state index in [-0.39, 0.29) is 4.75 Å². The molecule has 11 heavy (non-hydrogen) atoms. The summed E-state index contributed by atoms with van der Waals surface area (Å²) in [5.41, 5.74) is 1.30. The molecule has 1 aromatic carbocycles. The highest BCUT2D eigenvalue weighted by molar-refractivity contribution is 7.81. The summed E-state index contributed by atoms with van der Waals surface area (Å²) < 4.78 is 0.0290. The first-order valence-corrected chi connectivity index (χ1v) is 4.39. The molecule has 0 radical (unpaired) electrons. The summed E-state index contributed by atoms with van der Waals surface area (Å²) >= 11 is 4.58. The maximum Gasteiger partial charge on any atom is 0.0347 e. The van der Waals surface area contributed by atoms with Crippen molar-refractivity contribution in [2.75, 3.05) is 0 Å². The van der Waals surface area contributed by atoms with Crippen molar-refractivity contribution in [3.8, 4) is 0 Å². The second-order valence-corrected chi connectivity index (χ2v) is 3.98. The summed E-state index contributed by atoms with van der Waals surface area (Å²) in [5, 5.41) is 0. The van der Waals surface area contributed by atoms with Gasteiger partial charge in [-0.05, 0) is 18.9 Å². The lowest BCUT2D eigenvalue weighted by Gasteiger charge is -2.21. The maximum absolute atomic E-state index is 4.58. The van der Waals surface area contributed by atoms with Gasteiger partial charge in [0.1, 0.15) is 0 Å². The fourth-order valence-corrected chi connectivity index (χ4v) is 1.15. The van der Waals surface area contributed by atoms with Crippen molar-refractivity contribution in [2.45, 2.75) is 25.0 Å². The molecule has 1 aromatic rings. The third-order valence-corrected chi connectivity index (χ3v) is 2.66. The predicted octanol–water partition coefficient (Wildman–Crippen LogP) is 3.24. The highest BCUT2D eigenvalue weighted by Gasteiger charge is 2.17. The van der Waals surface area contributed by atoms with E-state index in [1.807, 2.05) is 6.07 Å². The van der Waals surface area contributed by atoms with Gasteiger partial charge in [0.05, 0.1) is 0 Å². The molecule has 0 aromatic heterocycles. The van der Waals surface area contributed by atoms with Gasteiger partial charge in [0.25, 0.3) is 0 Å². The topological polar surface area (TPSA) is 0 Å². The quantitative estimate of drug-likeness (QED) is 0.641. The van der Waals surface area contributed by atoms with Crippen LogP contribution in [-0.2, 0) is 4.75 Å². The molecule has 0 saturated heterocycles. The van der Waals surface area contributed by atoms with Crippen LogP contribution >= 0.6 is 12.6 Å². The van der Waals surface area contributed by atoms with E-state index in [1.165, 1.54) is 5.56 Å². The van der Waals surface area contributed by atoms with Gasteiger partial charge in [0.2, 0.25) is 0 Å². The molecule has 0 heterocycles. The average Bonchev–Trinajstić information content (AvgIpc) is 2.06. The molecule has 0 aliphatic heterocycles. The third-order valence-electron chi connectivity index (χ3n) is 2.08. The minimum atomic E-state index is 0.0290. The normalized spacial score (nSPS) is 15.9. The number of thiol groups is 1. The van der Waals surface area contributed by atoms with E-state index in [0.717, 1.165) is 6.42 Å². The van der Waals surface area contributed by atoms with Gasteiger partial charge in [-0.2, -0.15) is 12.6 Å². The van der Waals surface area contributed by atoms with Crippen LogP contribution < -0.4 is 0 Å². The summed E-state index contributed by atoms with van der Waals surface area (Å²) in [6.45, 7) is 4.30. The number of hydrogen-bond acceptors (Lipinski definition) is 1. The Morgan fingerprint density at radius 2 is 1.82 bits per heavy atom. The minimum absolute atomic E-state index is 0.0290. The summed E-state index contributed by atoms with van der Waals surface area (Å²) in [5.74, 6) is 0. The first-order valence-electron chi connectivity index (χ1n) is 3.94. The molecule has 0 bridgehead atoms. The predicted molar refractivity (Wildman–Crippen MR) is 53.1 cm³/mol. The molecule has 0 spiro atoms. The van der Waals surface area contributed by atoms with E-state index in [9.17, 15) is 0 Å². The van der Waals surface area contributed by atoms with Gasteiger partial charge in [-0.3, -0.25) is 0 Å². The fourth-order valence-electron chi connectivity index (χ4n) is 1.00. The highest BCUT2D eigenvalue weighted by Crippen LogP contribution is 2.30. The molecule has 0 nitrogen and oxygen atoms in total. The first kappa shape index (κ1) is 8.66. The van der Waals surface area contributed by atoms with Crippen molar-refractivity contribution in [2.24, 2.45) is 0 Å². The monoisotopic (exact) mass is 166 g/mol. The van der Waals surface area contributed by atoms with E-state index >= 15 is 0 Å². The SMILES string of the molecule is CC[C@](C)(S)c1ccccc1. The number of hydrogen-bond donors (Lipinski definition) is 1. The Morgan fingerprint density at radius 1 is 1.27 bits per heavy atom. The van der Waals surface area contributed by atoms with Gasteiger partial charge < -0.3 is 0 Å². The third kappa shape index (κ3) is 2.00. The first-order chi connectivity index (χ1) is 5.17. The lowest BCUT2D eigenvalue weighted by Crippen LogP contribution is -2.11. The van der Waals surface area contributed by atoms with Crippen molar-refractivity contribution in [1.82, 2.24) is 0 Å². The van der Waals surface area contributed by atoms with Crippen molar-refractivity contribution in [1.29, 1.82) is 0 Å². The summed E-state index contributed by atoms with van der Waals surface area (Å²) in [7, 11) is 0. The van der Waals surface area contributed by atoms with Gasteiger partial charge in [0, 0.05) is 4.75 Å². The van der Waals surface area contributed by atoms with E-state index in [1.54, 1.807) is 0 Å². The molecule has 0 aliphatic carbocycles. The van der Waals surface area contributed by atoms with Crippen LogP contribution in [0.5, 0.6) is 0 Å². The maximum atomic E-state index is 4.58. The van der Waals surface area contributed by atoms with Crippen LogP contribution in [0.3, 0.4) is 0 Å². The Labute approximate surface area is 74.0 Å². The molecule has 0 saturated carbocycles. The molecule has 60 valence electrons. The van der Waals surface area contributed by atoms with Gasteiger partial charge in [-0.25, -0.2) is 0 Å². The summed E-state index contributed by atoms with van der Waals surface area (Å²) in [6.07, 6.45) is 1.06. The summed E-state index contributed by atoms with van der Waals surface area (Å²) in [4.78, 5) is 0. The van der Waals surface area contributed by atoms with Crippen molar-refractivity contribution >= 4 is 12.6 Å². The molecule has 1 atom stereocenters. The van der Waals surface area contributed by atoms with Crippen LogP contribution in [0, 0.1) is 0 Å². The van der Waals surface area contributed by atoms with Gasteiger partial charge in [-0.1, -0.05) is 37.3 Å². The van der Waals surface area contributed by atoms with Crippen LogP contribution in [0.2, 0.25) is 0 Å². The van der Waals surface area contributed by atoms with E-state index in [4.69, 9.17) is 0 Å². The minimum Gasteiger partial charge on any atom is -0.168 e. The van der Waals surface area contributed by atoms with Crippen molar-refractivity contribution in [3.63, 3.8) is 0 Å². The lowest BCUT2D eigenvalue weighted by molar-refractivity contribution is 0.671. The zero-order valence-corrected chi connectivity index (χ0v) is 7.94. The van der Waals surface area contributed by atoms with Gasteiger partial charge in [0.15, 0.2) is 0 Å². The lowest BCUT2D eigenvalue weighted by atomic mass is 9.98. The summed E-state index contributed by atoms with van der Waals surface area (Å²) in [6, 6.07) is 10.4. The molecule has 0 aliphatic rings. The molecular formula is C10H14S. The zero-order valence-electron chi connectivity index (χ0n) is 7.04. The molecule has 0 fully saturated rings. The largest absolute Gasteiger partial charge is 0.168 e. The van der Waals surface area contributed by atoms with Crippen LogP contribution in [-0.4, -0.2) is 0 Å². The Kier molecular flexibility index (Phi) is 2.61. The molecular weight excluding hydrogens is 152 g/mol. The van der Waals surface area contributed by atoms with Crippen LogP contribution in [0.1, 0.15) is 25.8 Å². The van der Waals surface area contributed by atoms with E-state index in [2.05, 4.69) is 50.7 Å². The molecule has 0 unspecified atom stereocenters. The van der Waals surface area contributed by atoms with Crippen LogP contribution in [0.15, 0.2) is 30.3 Å².